The van der Waals surface area contributed by atoms with E-state index in [1.165, 1.54) is 11.1 Å². The van der Waals surface area contributed by atoms with Crippen molar-refractivity contribution in [3.05, 3.63) is 205 Å². The van der Waals surface area contributed by atoms with Crippen molar-refractivity contribution in [2.45, 2.75) is 39.5 Å². The number of benzene rings is 7. The second-order valence-corrected chi connectivity index (χ2v) is 21.3. The van der Waals surface area contributed by atoms with Gasteiger partial charge >= 0.3 is 0 Å². The molecule has 13 aromatic rings. The van der Waals surface area contributed by atoms with Gasteiger partial charge in [-0.25, -0.2) is 19.9 Å². The van der Waals surface area contributed by atoms with E-state index in [4.69, 9.17) is 29.4 Å². The number of rotatable bonds is 8. The van der Waals surface area contributed by atoms with Gasteiger partial charge in [-0.2, -0.15) is 0 Å². The Morgan fingerprint density at radius 3 is 1.13 bits per heavy atom. The van der Waals surface area contributed by atoms with Crippen LogP contribution in [0.2, 0.25) is 0 Å². The van der Waals surface area contributed by atoms with Gasteiger partial charge in [0.15, 0.2) is 0 Å². The lowest BCUT2D eigenvalue weighted by molar-refractivity contribution is 0.472. The highest BCUT2D eigenvalue weighted by Crippen LogP contribution is 2.48. The molecule has 0 bridgehead atoms. The van der Waals surface area contributed by atoms with Crippen LogP contribution in [0.15, 0.2) is 194 Å². The molecule has 0 amide bonds. The highest BCUT2D eigenvalue weighted by atomic mass is 16.5. The Bertz CT molecular complexity index is 4410. The number of ether oxygens (including phenoxy) is 2. The fraction of sp³-hybridized carbons (Fsp3) is 0.0882. The molecule has 0 unspecified atom stereocenters. The summed E-state index contributed by atoms with van der Waals surface area (Å²) in [5, 5.41) is 0. The van der Waals surface area contributed by atoms with Crippen LogP contribution in [0.25, 0.3) is 101 Å². The first-order valence-corrected chi connectivity index (χ1v) is 27.4. The van der Waals surface area contributed by atoms with Crippen molar-refractivity contribution in [3.63, 3.8) is 0 Å². The Kier molecular flexibility index (Phi) is 9.23. The third-order valence-electron chi connectivity index (χ3n) is 16.8. The molecule has 78 heavy (non-hydrogen) atoms. The third-order valence-corrected chi connectivity index (χ3v) is 16.8. The third kappa shape index (κ3) is 6.08. The van der Waals surface area contributed by atoms with Gasteiger partial charge in [0.25, 0.3) is 13.4 Å². The van der Waals surface area contributed by atoms with E-state index in [9.17, 15) is 0 Å². The summed E-state index contributed by atoms with van der Waals surface area (Å²) in [7, 11) is 0. The molecule has 0 saturated heterocycles. The molecular weight excluding hydrogens is 954 g/mol. The molecule has 0 spiro atoms. The zero-order chi connectivity index (χ0) is 51.3. The minimum absolute atomic E-state index is 0.272. The van der Waals surface area contributed by atoms with Crippen LogP contribution in [0.5, 0.6) is 23.0 Å². The first kappa shape index (κ1) is 43.7. The zero-order valence-corrected chi connectivity index (χ0v) is 43.0. The van der Waals surface area contributed by atoms with E-state index in [0.29, 0.717) is 0 Å². The predicted molar refractivity (Wildman–Crippen MR) is 318 cm³/mol. The van der Waals surface area contributed by atoms with Gasteiger partial charge < -0.3 is 18.6 Å². The summed E-state index contributed by atoms with van der Waals surface area (Å²) in [6.07, 6.45) is 3.94. The normalized spacial score (nSPS) is 13.1. The van der Waals surface area contributed by atoms with Crippen molar-refractivity contribution in [1.82, 2.24) is 29.1 Å². The molecule has 366 valence electrons. The summed E-state index contributed by atoms with van der Waals surface area (Å²) in [6, 6.07) is 69.3. The number of hydrogen-bond donors (Lipinski definition) is 0. The summed E-state index contributed by atoms with van der Waals surface area (Å²) in [5.41, 5.74) is 26.2. The number of hydrogen-bond acceptors (Lipinski definition) is 6. The fourth-order valence-electron chi connectivity index (χ4n) is 13.5. The largest absolute Gasteiger partial charge is 0.456 e. The van der Waals surface area contributed by atoms with Gasteiger partial charge in [0.1, 0.15) is 45.1 Å². The number of aryl methyl sites for hydroxylation is 2. The number of nitrogens with zero attached hydrogens (tertiary/aromatic N) is 6. The highest BCUT2D eigenvalue weighted by Gasteiger charge is 2.51. The standard InChI is InChI=1S/C68H46B2N6O2/c1-3-17-39-27-33-55-45(35-39)69-47-37-51(43-23-13-7-14-24-43)73-61-59-53(31-29-49(71-59)41-19-9-5-10-20-41)75(63(47)61)65-57(69)67(77-55)66-58-68(65)78-56-34-28-40(18-4-2)36-46(56)70(58)48-38-52(44-25-15-8-16-26-44)74-62-60-54(76(66)64(48)62)32-30-50(72-60)42-21-11-6-12-22-42/h5-16,19-38H,3-4,17-18H2,1-2H3. The average Bonchev–Trinajstić information content (AvgIpc) is 4.20. The Morgan fingerprint density at radius 1 is 0.372 bits per heavy atom. The zero-order valence-electron chi connectivity index (χ0n) is 43.0. The predicted octanol–water partition coefficient (Wildman–Crippen LogP) is 11.9. The van der Waals surface area contributed by atoms with Crippen molar-refractivity contribution in [2.75, 3.05) is 0 Å². The maximum Gasteiger partial charge on any atom is 0.256 e. The van der Waals surface area contributed by atoms with Gasteiger partial charge in [-0.1, -0.05) is 172 Å². The van der Waals surface area contributed by atoms with Crippen LogP contribution in [-0.2, 0) is 12.8 Å². The molecule has 0 saturated carbocycles. The lowest BCUT2D eigenvalue weighted by Gasteiger charge is -2.41. The molecule has 10 heterocycles. The molecule has 0 aliphatic carbocycles. The van der Waals surface area contributed by atoms with Crippen LogP contribution < -0.4 is 42.3 Å². The minimum Gasteiger partial charge on any atom is -0.456 e. The quantitative estimate of drug-likeness (QED) is 0.141. The first-order chi connectivity index (χ1) is 38.6. The van der Waals surface area contributed by atoms with Gasteiger partial charge in [-0.15, -0.1) is 0 Å². The Hall–Kier alpha value is -9.53. The smallest absolute Gasteiger partial charge is 0.256 e. The van der Waals surface area contributed by atoms with E-state index in [0.717, 1.165) is 182 Å². The Morgan fingerprint density at radius 2 is 0.744 bits per heavy atom. The lowest BCUT2D eigenvalue weighted by atomic mass is 9.31. The second kappa shape index (κ2) is 16.5. The fourth-order valence-corrected chi connectivity index (χ4v) is 13.5. The first-order valence-electron chi connectivity index (χ1n) is 27.4. The molecule has 17 rings (SSSR count). The highest BCUT2D eigenvalue weighted by molar-refractivity contribution is 7.02. The molecule has 0 radical (unpaired) electrons. The molecular formula is C68H46B2N6O2. The SMILES string of the molecule is CCCc1ccc2c(c1)B1c3c(c4c5c(c3-n3c6ccc(-c7ccccc7)nc6c6nc(-c7ccccc7)cc1c63)Oc1ccc(CCC)cc1B5c1cc(-c3ccccc3)nc3c5nc(-c6ccccc6)ccc5n-4c13)O2. The van der Waals surface area contributed by atoms with E-state index in [1.54, 1.807) is 0 Å². The van der Waals surface area contributed by atoms with Gasteiger partial charge in [0.2, 0.25) is 0 Å². The maximum atomic E-state index is 7.76. The van der Waals surface area contributed by atoms with Gasteiger partial charge in [-0.3, -0.25) is 0 Å². The number of fused-ring (bicyclic) bond motifs is 16. The van der Waals surface area contributed by atoms with Crippen LogP contribution in [0.4, 0.5) is 0 Å². The molecule has 0 atom stereocenters. The average molecular weight is 1000 g/mol. The topological polar surface area (TPSA) is 79.9 Å². The second-order valence-electron chi connectivity index (χ2n) is 21.3. The molecule has 8 nitrogen and oxygen atoms in total. The van der Waals surface area contributed by atoms with Crippen molar-refractivity contribution in [1.29, 1.82) is 0 Å². The van der Waals surface area contributed by atoms with Gasteiger partial charge in [0, 0.05) is 33.2 Å². The summed E-state index contributed by atoms with van der Waals surface area (Å²) >= 11 is 0. The molecule has 0 N–H and O–H groups in total. The summed E-state index contributed by atoms with van der Waals surface area (Å²) < 4.78 is 20.4. The Labute approximate surface area is 450 Å². The van der Waals surface area contributed by atoms with Crippen molar-refractivity contribution in [3.8, 4) is 79.4 Å². The molecule has 7 aromatic carbocycles. The summed E-state index contributed by atoms with van der Waals surface area (Å²) in [4.78, 5) is 22.5. The Balaban J connectivity index is 1.07. The molecule has 10 heteroatoms. The van der Waals surface area contributed by atoms with Gasteiger partial charge in [0.05, 0.1) is 56.2 Å². The van der Waals surface area contributed by atoms with Crippen LogP contribution in [0.1, 0.15) is 37.8 Å². The van der Waals surface area contributed by atoms with Crippen molar-refractivity contribution < 1.29 is 9.47 Å². The van der Waals surface area contributed by atoms with E-state index >= 15 is 0 Å². The molecule has 4 aliphatic rings. The van der Waals surface area contributed by atoms with Crippen molar-refractivity contribution >= 4 is 90.3 Å². The van der Waals surface area contributed by atoms with Crippen LogP contribution in [0.3, 0.4) is 0 Å². The molecule has 0 fully saturated rings. The van der Waals surface area contributed by atoms with E-state index in [-0.39, 0.29) is 13.4 Å². The van der Waals surface area contributed by atoms with E-state index in [1.807, 2.05) is 0 Å². The van der Waals surface area contributed by atoms with E-state index in [2.05, 4.69) is 217 Å². The maximum absolute atomic E-state index is 7.76. The van der Waals surface area contributed by atoms with E-state index < -0.39 is 0 Å². The minimum atomic E-state index is -0.272. The molecule has 4 aliphatic heterocycles. The number of pyridine rings is 4. The monoisotopic (exact) mass is 1000 g/mol. The van der Waals surface area contributed by atoms with Crippen LogP contribution in [-0.4, -0.2) is 42.5 Å². The number of aromatic nitrogens is 6. The molecule has 6 aromatic heterocycles. The summed E-state index contributed by atoms with van der Waals surface area (Å²) in [5.74, 6) is 3.30. The lowest BCUT2D eigenvalue weighted by Crippen LogP contribution is -2.63. The van der Waals surface area contributed by atoms with Crippen LogP contribution >= 0.6 is 0 Å². The van der Waals surface area contributed by atoms with Crippen LogP contribution in [0, 0.1) is 0 Å². The summed E-state index contributed by atoms with van der Waals surface area (Å²) in [6.45, 7) is 3.96. The van der Waals surface area contributed by atoms with Crippen molar-refractivity contribution in [2.24, 2.45) is 0 Å². The van der Waals surface area contributed by atoms with Gasteiger partial charge in [-0.05, 0) is 94.4 Å².